The fourth-order valence-electron chi connectivity index (χ4n) is 2.72. The normalized spacial score (nSPS) is 11.1. The summed E-state index contributed by atoms with van der Waals surface area (Å²) in [4.78, 5) is 16.5. The summed E-state index contributed by atoms with van der Waals surface area (Å²) in [6.07, 6.45) is 2.12. The molecule has 0 aliphatic carbocycles. The minimum absolute atomic E-state index is 0. The van der Waals surface area contributed by atoms with Crippen LogP contribution in [-0.4, -0.2) is 46.1 Å². The van der Waals surface area contributed by atoms with Crippen LogP contribution < -0.4 is 16.0 Å². The Morgan fingerprint density at radius 1 is 1.07 bits per heavy atom. The van der Waals surface area contributed by atoms with Crippen LogP contribution in [-0.2, 0) is 17.8 Å². The lowest BCUT2D eigenvalue weighted by Crippen LogP contribution is -2.41. The molecule has 0 unspecified atom stereocenters. The number of hydrogen-bond donors (Lipinski definition) is 3. The van der Waals surface area contributed by atoms with Gasteiger partial charge in [-0.2, -0.15) is 0 Å². The summed E-state index contributed by atoms with van der Waals surface area (Å²) in [5, 5.41) is 17.4. The molecule has 0 atom stereocenters. The highest BCUT2D eigenvalue weighted by Gasteiger charge is 2.06. The van der Waals surface area contributed by atoms with Gasteiger partial charge in [0.2, 0.25) is 5.91 Å². The van der Waals surface area contributed by atoms with E-state index >= 15 is 0 Å². The molecule has 8 nitrogen and oxygen atoms in total. The Balaban J connectivity index is 0.00000320. The minimum Gasteiger partial charge on any atom is -0.357 e. The van der Waals surface area contributed by atoms with Crippen LogP contribution >= 0.6 is 24.0 Å². The lowest BCUT2D eigenvalue weighted by molar-refractivity contribution is -0.120. The predicted octanol–water partition coefficient (Wildman–Crippen LogP) is 1.90. The van der Waals surface area contributed by atoms with Crippen LogP contribution in [0.4, 0.5) is 4.39 Å². The van der Waals surface area contributed by atoms with Crippen LogP contribution in [0, 0.1) is 5.82 Å². The van der Waals surface area contributed by atoms with Gasteiger partial charge in [-0.15, -0.1) is 34.2 Å². The van der Waals surface area contributed by atoms with E-state index in [9.17, 15) is 9.18 Å². The third kappa shape index (κ3) is 6.94. The Bertz CT molecular complexity index is 975. The highest BCUT2D eigenvalue weighted by molar-refractivity contribution is 14.0. The summed E-state index contributed by atoms with van der Waals surface area (Å²) < 4.78 is 14.8. The molecular weight excluding hydrogens is 500 g/mol. The maximum absolute atomic E-state index is 12.9. The first-order valence-corrected chi connectivity index (χ1v) is 9.47. The van der Waals surface area contributed by atoms with E-state index in [2.05, 4.69) is 31.1 Å². The number of carbonyl (C=O) groups is 1. The van der Waals surface area contributed by atoms with Crippen LogP contribution in [0.3, 0.4) is 0 Å². The summed E-state index contributed by atoms with van der Waals surface area (Å²) in [6, 6.07) is 11.6. The number of carbonyl (C=O) groups excluding carboxylic acids is 1. The predicted molar refractivity (Wildman–Crippen MR) is 124 cm³/mol. The number of fused-ring (bicyclic) bond motifs is 1. The molecule has 2 aromatic heterocycles. The third-order valence-corrected chi connectivity index (χ3v) is 4.12. The van der Waals surface area contributed by atoms with E-state index in [1.807, 2.05) is 35.7 Å². The number of nitrogens with one attached hydrogen (secondary N) is 3. The average Bonchev–Trinajstić information content (AvgIpc) is 3.14. The van der Waals surface area contributed by atoms with Gasteiger partial charge in [-0.1, -0.05) is 18.2 Å². The van der Waals surface area contributed by atoms with Gasteiger partial charge < -0.3 is 16.0 Å². The SMILES string of the molecule is CCNC(=NCc1nnc2ccccn12)NCCNC(=O)Cc1ccc(F)cc1.I. The Hall–Kier alpha value is -2.76. The van der Waals surface area contributed by atoms with Gasteiger partial charge >= 0.3 is 0 Å². The van der Waals surface area contributed by atoms with Gasteiger partial charge in [0.05, 0.1) is 6.42 Å². The van der Waals surface area contributed by atoms with Gasteiger partial charge in [0, 0.05) is 25.8 Å². The smallest absolute Gasteiger partial charge is 0.224 e. The molecule has 0 aliphatic rings. The molecule has 0 bridgehead atoms. The Labute approximate surface area is 191 Å². The van der Waals surface area contributed by atoms with E-state index in [1.165, 1.54) is 12.1 Å². The molecule has 0 saturated carbocycles. The molecule has 3 rings (SSSR count). The average molecular weight is 525 g/mol. The third-order valence-electron chi connectivity index (χ3n) is 4.12. The quantitative estimate of drug-likeness (QED) is 0.181. The molecule has 1 aromatic carbocycles. The number of hydrogen-bond acceptors (Lipinski definition) is 4. The number of rotatable bonds is 8. The summed E-state index contributed by atoms with van der Waals surface area (Å²) in [7, 11) is 0. The Kier molecular flexibility index (Phi) is 9.45. The summed E-state index contributed by atoms with van der Waals surface area (Å²) in [5.74, 6) is 0.946. The number of aromatic nitrogens is 3. The molecule has 10 heteroatoms. The topological polar surface area (TPSA) is 95.7 Å². The van der Waals surface area contributed by atoms with Gasteiger partial charge in [-0.25, -0.2) is 9.38 Å². The lowest BCUT2D eigenvalue weighted by Gasteiger charge is -2.11. The van der Waals surface area contributed by atoms with Gasteiger partial charge in [0.1, 0.15) is 12.4 Å². The van der Waals surface area contributed by atoms with Gasteiger partial charge in [-0.3, -0.25) is 9.20 Å². The number of guanidine groups is 1. The fourth-order valence-corrected chi connectivity index (χ4v) is 2.72. The zero-order valence-electron chi connectivity index (χ0n) is 16.6. The molecule has 0 fully saturated rings. The number of pyridine rings is 1. The zero-order chi connectivity index (χ0) is 20.5. The molecule has 3 N–H and O–H groups in total. The number of halogens is 2. The molecule has 1 amide bonds. The van der Waals surface area contributed by atoms with Crippen LogP contribution in [0.2, 0.25) is 0 Å². The highest BCUT2D eigenvalue weighted by atomic mass is 127. The second kappa shape index (κ2) is 12.1. The maximum Gasteiger partial charge on any atom is 0.224 e. The van der Waals surface area contributed by atoms with Crippen molar-refractivity contribution in [1.29, 1.82) is 0 Å². The van der Waals surface area contributed by atoms with Gasteiger partial charge in [0.25, 0.3) is 0 Å². The van der Waals surface area contributed by atoms with Crippen LogP contribution in [0.25, 0.3) is 5.65 Å². The van der Waals surface area contributed by atoms with Crippen molar-refractivity contribution >= 4 is 41.5 Å². The molecule has 30 heavy (non-hydrogen) atoms. The lowest BCUT2D eigenvalue weighted by atomic mass is 10.1. The molecule has 0 saturated heterocycles. The number of amides is 1. The van der Waals surface area contributed by atoms with Crippen molar-refractivity contribution in [1.82, 2.24) is 30.5 Å². The van der Waals surface area contributed by atoms with Crippen molar-refractivity contribution in [3.05, 3.63) is 65.9 Å². The Morgan fingerprint density at radius 2 is 1.83 bits per heavy atom. The molecule has 160 valence electrons. The second-order valence-corrected chi connectivity index (χ2v) is 6.32. The van der Waals surface area contributed by atoms with Gasteiger partial charge in [0.15, 0.2) is 17.4 Å². The van der Waals surface area contributed by atoms with E-state index in [1.54, 1.807) is 12.1 Å². The van der Waals surface area contributed by atoms with Crippen molar-refractivity contribution in [2.75, 3.05) is 19.6 Å². The van der Waals surface area contributed by atoms with E-state index < -0.39 is 0 Å². The fraction of sp³-hybridized carbons (Fsp3) is 0.300. The molecular formula is C20H25FIN7O. The summed E-state index contributed by atoms with van der Waals surface area (Å²) in [5.41, 5.74) is 1.55. The van der Waals surface area contributed by atoms with Crippen molar-refractivity contribution in [2.24, 2.45) is 4.99 Å². The largest absolute Gasteiger partial charge is 0.357 e. The van der Waals surface area contributed by atoms with E-state index in [4.69, 9.17) is 0 Å². The Morgan fingerprint density at radius 3 is 2.60 bits per heavy atom. The van der Waals surface area contributed by atoms with E-state index in [-0.39, 0.29) is 42.1 Å². The summed E-state index contributed by atoms with van der Waals surface area (Å²) >= 11 is 0. The molecule has 3 aromatic rings. The molecule has 0 aliphatic heterocycles. The second-order valence-electron chi connectivity index (χ2n) is 6.32. The molecule has 2 heterocycles. The van der Waals surface area contributed by atoms with Crippen molar-refractivity contribution in [3.63, 3.8) is 0 Å². The number of aliphatic imine (C=N–C) groups is 1. The zero-order valence-corrected chi connectivity index (χ0v) is 19.0. The highest BCUT2D eigenvalue weighted by Crippen LogP contribution is 2.04. The number of nitrogens with zero attached hydrogens (tertiary/aromatic N) is 4. The van der Waals surface area contributed by atoms with Crippen molar-refractivity contribution in [2.45, 2.75) is 19.9 Å². The van der Waals surface area contributed by atoms with Crippen molar-refractivity contribution in [3.8, 4) is 0 Å². The van der Waals surface area contributed by atoms with Crippen LogP contribution in [0.5, 0.6) is 0 Å². The maximum atomic E-state index is 12.9. The van der Waals surface area contributed by atoms with Crippen LogP contribution in [0.15, 0.2) is 53.7 Å². The molecule has 0 radical (unpaired) electrons. The monoisotopic (exact) mass is 525 g/mol. The first-order chi connectivity index (χ1) is 14.2. The van der Waals surface area contributed by atoms with E-state index in [0.29, 0.717) is 32.1 Å². The summed E-state index contributed by atoms with van der Waals surface area (Å²) in [6.45, 7) is 4.02. The van der Waals surface area contributed by atoms with Gasteiger partial charge in [-0.05, 0) is 36.8 Å². The minimum atomic E-state index is -0.312. The van der Waals surface area contributed by atoms with Crippen molar-refractivity contribution < 1.29 is 9.18 Å². The first-order valence-electron chi connectivity index (χ1n) is 9.47. The first kappa shape index (κ1) is 23.5. The number of benzene rings is 1. The van der Waals surface area contributed by atoms with Crippen LogP contribution in [0.1, 0.15) is 18.3 Å². The standard InChI is InChI=1S/C20H24FN7O.HI/c1-2-22-20(25-14-18-27-26-17-5-3-4-12-28(17)18)24-11-10-23-19(29)13-15-6-8-16(21)9-7-15;/h3-9,12H,2,10-11,13-14H2,1H3,(H,23,29)(H2,22,24,25);1H. The van der Waals surface area contributed by atoms with E-state index in [0.717, 1.165) is 17.0 Å². The molecule has 0 spiro atoms.